The number of nitrogens with one attached hydrogen (secondary N) is 2. The van der Waals surface area contributed by atoms with E-state index >= 15 is 0 Å². The molecule has 0 spiro atoms. The van der Waals surface area contributed by atoms with Gasteiger partial charge < -0.3 is 36.2 Å². The molecule has 1 saturated heterocycles. The van der Waals surface area contributed by atoms with Gasteiger partial charge in [0.05, 0.1) is 12.0 Å². The highest BCUT2D eigenvalue weighted by Gasteiger charge is 2.44. The summed E-state index contributed by atoms with van der Waals surface area (Å²) in [5.41, 5.74) is 9.36. The van der Waals surface area contributed by atoms with Crippen molar-refractivity contribution in [2.45, 2.75) is 44.3 Å². The number of ether oxygens (including phenoxy) is 1. The zero-order chi connectivity index (χ0) is 24.9. The fourth-order valence-corrected chi connectivity index (χ4v) is 4.24. The molecule has 3 aromatic rings. The minimum Gasteiger partial charge on any atom is -0.397 e. The molecule has 3 heterocycles. The fraction of sp³-hybridized carbons (Fsp3) is 0.458. The van der Waals surface area contributed by atoms with E-state index in [0.29, 0.717) is 42.9 Å². The average molecular weight is 484 g/mol. The van der Waals surface area contributed by atoms with Crippen LogP contribution in [0.5, 0.6) is 0 Å². The highest BCUT2D eigenvalue weighted by molar-refractivity contribution is 5.89. The SMILES string of the molecule is CCc1cccc(NC(=O)NCCCN(C)C[C@H]2O[C@@H](n3cnc4c(N)ccnc43)[C@H](O)[C@@H]2O)c1. The lowest BCUT2D eigenvalue weighted by Gasteiger charge is -2.22. The number of nitrogen functional groups attached to an aromatic ring is 1. The summed E-state index contributed by atoms with van der Waals surface area (Å²) in [7, 11) is 1.90. The van der Waals surface area contributed by atoms with E-state index < -0.39 is 24.5 Å². The summed E-state index contributed by atoms with van der Waals surface area (Å²) in [6.07, 6.45) is 1.08. The van der Waals surface area contributed by atoms with E-state index in [-0.39, 0.29) is 6.03 Å². The quantitative estimate of drug-likeness (QED) is 0.286. The third kappa shape index (κ3) is 5.70. The second kappa shape index (κ2) is 11.0. The van der Waals surface area contributed by atoms with E-state index in [1.54, 1.807) is 16.8 Å². The van der Waals surface area contributed by atoms with Crippen LogP contribution in [-0.2, 0) is 11.2 Å². The number of amides is 2. The maximum atomic E-state index is 12.1. The molecule has 1 aliphatic heterocycles. The molecule has 11 nitrogen and oxygen atoms in total. The maximum absolute atomic E-state index is 12.1. The number of pyridine rings is 1. The van der Waals surface area contributed by atoms with Crippen LogP contribution in [0.3, 0.4) is 0 Å². The van der Waals surface area contributed by atoms with E-state index in [9.17, 15) is 15.0 Å². The van der Waals surface area contributed by atoms with Crippen LogP contribution in [0.2, 0.25) is 0 Å². The van der Waals surface area contributed by atoms with Gasteiger partial charge in [0.25, 0.3) is 0 Å². The molecule has 0 saturated carbocycles. The molecule has 0 unspecified atom stereocenters. The molecule has 1 aromatic carbocycles. The van der Waals surface area contributed by atoms with Gasteiger partial charge in [-0.3, -0.25) is 4.57 Å². The standard InChI is InChI=1S/C24H33N7O4/c1-3-15-6-4-7-16(12-15)29-24(34)27-9-5-11-30(2)13-18-20(32)21(33)23(35-18)31-14-28-19-17(25)8-10-26-22(19)31/h4,6-8,10,12,14,18,20-21,23,32-33H,3,5,9,11,13H2,1-2H3,(H2,25,26)(H2,27,29,34)/t18-,20-,21-,23-/m1/s1. The second-order valence-electron chi connectivity index (χ2n) is 8.82. The van der Waals surface area contributed by atoms with Crippen LogP contribution in [0.4, 0.5) is 16.2 Å². The van der Waals surface area contributed by atoms with E-state index in [1.807, 2.05) is 36.2 Å². The number of carbonyl (C=O) groups excluding carboxylic acids is 1. The van der Waals surface area contributed by atoms with Gasteiger partial charge in [0, 0.05) is 25.0 Å². The van der Waals surface area contributed by atoms with Crippen LogP contribution in [0, 0.1) is 0 Å². The predicted molar refractivity (Wildman–Crippen MR) is 133 cm³/mol. The number of nitrogens with zero attached hydrogens (tertiary/aromatic N) is 4. The Hall–Kier alpha value is -3.25. The molecule has 1 fully saturated rings. The minimum absolute atomic E-state index is 0.247. The minimum atomic E-state index is -1.13. The van der Waals surface area contributed by atoms with Gasteiger partial charge in [0.2, 0.25) is 0 Å². The molecule has 4 atom stereocenters. The highest BCUT2D eigenvalue weighted by Crippen LogP contribution is 2.32. The summed E-state index contributed by atoms with van der Waals surface area (Å²) in [6, 6.07) is 9.17. The van der Waals surface area contributed by atoms with Crippen LogP contribution in [-0.4, -0.2) is 80.7 Å². The lowest BCUT2D eigenvalue weighted by atomic mass is 10.1. The van der Waals surface area contributed by atoms with Crippen molar-refractivity contribution in [3.8, 4) is 0 Å². The number of hydrogen-bond acceptors (Lipinski definition) is 8. The van der Waals surface area contributed by atoms with Crippen LogP contribution >= 0.6 is 0 Å². The number of carbonyl (C=O) groups is 1. The van der Waals surface area contributed by atoms with E-state index in [0.717, 1.165) is 17.7 Å². The number of imidazole rings is 1. The number of aliphatic hydroxyl groups is 2. The number of anilines is 2. The zero-order valence-corrected chi connectivity index (χ0v) is 20.0. The predicted octanol–water partition coefficient (Wildman–Crippen LogP) is 1.34. The summed E-state index contributed by atoms with van der Waals surface area (Å²) < 4.78 is 7.60. The molecular weight excluding hydrogens is 450 g/mol. The normalized spacial score (nSPS) is 22.1. The average Bonchev–Trinajstić information content (AvgIpc) is 3.39. The van der Waals surface area contributed by atoms with Crippen molar-refractivity contribution in [2.24, 2.45) is 0 Å². The first kappa shape index (κ1) is 24.9. The molecule has 2 amide bonds. The van der Waals surface area contributed by atoms with Crippen LogP contribution in [0.25, 0.3) is 11.2 Å². The first-order valence-corrected chi connectivity index (χ1v) is 11.8. The number of nitrogens with two attached hydrogens (primary N) is 1. The van der Waals surface area contributed by atoms with Gasteiger partial charge in [-0.25, -0.2) is 14.8 Å². The second-order valence-corrected chi connectivity index (χ2v) is 8.82. The number of urea groups is 1. The van der Waals surface area contributed by atoms with E-state index in [1.165, 1.54) is 6.33 Å². The Labute approximate surface area is 203 Å². The van der Waals surface area contributed by atoms with E-state index in [2.05, 4.69) is 27.5 Å². The monoisotopic (exact) mass is 483 g/mol. The Morgan fingerprint density at radius 3 is 2.89 bits per heavy atom. The van der Waals surface area contributed by atoms with Gasteiger partial charge in [0.1, 0.15) is 23.8 Å². The number of rotatable bonds is 9. The Bertz CT molecular complexity index is 1150. The number of benzene rings is 1. The molecular formula is C24H33N7O4. The third-order valence-electron chi connectivity index (χ3n) is 6.19. The Morgan fingerprint density at radius 2 is 2.09 bits per heavy atom. The van der Waals surface area contributed by atoms with Gasteiger partial charge in [0.15, 0.2) is 11.9 Å². The number of aryl methyl sites for hydroxylation is 1. The lowest BCUT2D eigenvalue weighted by molar-refractivity contribution is -0.0421. The fourth-order valence-electron chi connectivity index (χ4n) is 4.24. The summed E-state index contributed by atoms with van der Waals surface area (Å²) in [5, 5.41) is 26.9. The number of fused-ring (bicyclic) bond motifs is 1. The van der Waals surface area contributed by atoms with Crippen molar-refractivity contribution in [3.63, 3.8) is 0 Å². The van der Waals surface area contributed by atoms with Crippen molar-refractivity contribution in [2.75, 3.05) is 37.7 Å². The maximum Gasteiger partial charge on any atom is 0.319 e. The van der Waals surface area contributed by atoms with Gasteiger partial charge in [-0.1, -0.05) is 19.1 Å². The highest BCUT2D eigenvalue weighted by atomic mass is 16.6. The molecule has 35 heavy (non-hydrogen) atoms. The first-order valence-electron chi connectivity index (χ1n) is 11.8. The molecule has 0 bridgehead atoms. The molecule has 188 valence electrons. The molecule has 1 aliphatic rings. The largest absolute Gasteiger partial charge is 0.397 e. The van der Waals surface area contributed by atoms with Crippen LogP contribution in [0.15, 0.2) is 42.9 Å². The van der Waals surface area contributed by atoms with Crippen molar-refractivity contribution >= 4 is 28.6 Å². The number of aliphatic hydroxyl groups excluding tert-OH is 2. The molecule has 0 aliphatic carbocycles. The van der Waals surface area contributed by atoms with Crippen molar-refractivity contribution < 1.29 is 19.7 Å². The number of hydrogen-bond donors (Lipinski definition) is 5. The van der Waals surface area contributed by atoms with Gasteiger partial charge in [-0.15, -0.1) is 0 Å². The van der Waals surface area contributed by atoms with Crippen molar-refractivity contribution in [1.29, 1.82) is 0 Å². The Kier molecular flexibility index (Phi) is 7.81. The molecule has 2 aromatic heterocycles. The zero-order valence-electron chi connectivity index (χ0n) is 20.0. The molecule has 0 radical (unpaired) electrons. The Morgan fingerprint density at radius 1 is 1.26 bits per heavy atom. The summed E-state index contributed by atoms with van der Waals surface area (Å²) in [6.45, 7) is 3.65. The van der Waals surface area contributed by atoms with Crippen LogP contribution < -0.4 is 16.4 Å². The third-order valence-corrected chi connectivity index (χ3v) is 6.19. The summed E-state index contributed by atoms with van der Waals surface area (Å²) in [5.74, 6) is 0. The summed E-state index contributed by atoms with van der Waals surface area (Å²) >= 11 is 0. The topological polar surface area (TPSA) is 151 Å². The summed E-state index contributed by atoms with van der Waals surface area (Å²) in [4.78, 5) is 22.7. The van der Waals surface area contributed by atoms with Gasteiger partial charge in [-0.2, -0.15) is 0 Å². The molecule has 4 rings (SSSR count). The lowest BCUT2D eigenvalue weighted by Crippen LogP contribution is -2.39. The van der Waals surface area contributed by atoms with Crippen molar-refractivity contribution in [3.05, 3.63) is 48.4 Å². The Balaban J connectivity index is 1.23. The number of aromatic nitrogens is 3. The van der Waals surface area contributed by atoms with Gasteiger partial charge >= 0.3 is 6.03 Å². The first-order chi connectivity index (χ1) is 16.9. The molecule has 11 heteroatoms. The van der Waals surface area contributed by atoms with Crippen molar-refractivity contribution in [1.82, 2.24) is 24.8 Å². The smallest absolute Gasteiger partial charge is 0.319 e. The number of likely N-dealkylation sites (N-methyl/N-ethyl adjacent to an activating group) is 1. The molecule has 6 N–H and O–H groups in total. The van der Waals surface area contributed by atoms with Crippen LogP contribution in [0.1, 0.15) is 25.1 Å². The van der Waals surface area contributed by atoms with Gasteiger partial charge in [-0.05, 0) is 50.2 Å². The van der Waals surface area contributed by atoms with E-state index in [4.69, 9.17) is 10.5 Å².